The number of ether oxygens (including phenoxy) is 1. The second kappa shape index (κ2) is 9.04. The summed E-state index contributed by atoms with van der Waals surface area (Å²) in [5.41, 5.74) is 0. The van der Waals surface area contributed by atoms with Crippen LogP contribution in [0.5, 0.6) is 11.6 Å². The number of pyridine rings is 1. The second-order valence-electron chi connectivity index (χ2n) is 7.38. The Bertz CT molecular complexity index is 1030. The fraction of sp³-hybridized carbons (Fsp3) is 0.318. The maximum Gasteiger partial charge on any atom is 0.212 e. The summed E-state index contributed by atoms with van der Waals surface area (Å²) in [6, 6.07) is 13.8. The van der Waals surface area contributed by atoms with E-state index >= 15 is 0 Å². The molecule has 3 aromatic rings. The molecule has 0 amide bonds. The van der Waals surface area contributed by atoms with Gasteiger partial charge in [0.15, 0.2) is 11.6 Å². The van der Waals surface area contributed by atoms with E-state index in [0.717, 1.165) is 10.8 Å². The molecule has 1 fully saturated rings. The summed E-state index contributed by atoms with van der Waals surface area (Å²) in [7, 11) is 0. The molecule has 1 saturated heterocycles. The van der Waals surface area contributed by atoms with Gasteiger partial charge in [-0.05, 0) is 41.1 Å². The van der Waals surface area contributed by atoms with Gasteiger partial charge in [-0.25, -0.2) is 4.39 Å². The summed E-state index contributed by atoms with van der Waals surface area (Å²) in [6.07, 6.45) is -0.645. The van der Waals surface area contributed by atoms with Crippen LogP contribution in [0.3, 0.4) is 0 Å². The summed E-state index contributed by atoms with van der Waals surface area (Å²) in [5.74, 6) is 0.209. The largest absolute Gasteiger partial charge is 0.493 e. The van der Waals surface area contributed by atoms with Gasteiger partial charge in [0.2, 0.25) is 5.88 Å². The third-order valence-electron chi connectivity index (χ3n) is 5.17. The number of anilines is 1. The van der Waals surface area contributed by atoms with Crippen LogP contribution in [0.1, 0.15) is 0 Å². The molecular weight excluding hydrogens is 409 g/mol. The van der Waals surface area contributed by atoms with Crippen molar-refractivity contribution in [3.8, 4) is 11.6 Å². The number of halogens is 2. The van der Waals surface area contributed by atoms with Crippen LogP contribution in [-0.2, 0) is 0 Å². The zero-order chi connectivity index (χ0) is 21.1. The van der Waals surface area contributed by atoms with Crippen molar-refractivity contribution in [3.63, 3.8) is 0 Å². The van der Waals surface area contributed by atoms with Crippen LogP contribution in [0.2, 0.25) is 5.02 Å². The second-order valence-corrected chi connectivity index (χ2v) is 7.82. The third kappa shape index (κ3) is 4.92. The van der Waals surface area contributed by atoms with E-state index in [1.165, 1.54) is 12.1 Å². The molecule has 2 N–H and O–H groups in total. The number of β-amino-alcohol motifs (C(OH)–C–C–N with tert-alkyl or cyclic N) is 1. The number of aliphatic hydroxyl groups is 1. The Morgan fingerprint density at radius 2 is 1.77 bits per heavy atom. The highest BCUT2D eigenvalue weighted by Crippen LogP contribution is 2.24. The highest BCUT2D eigenvalue weighted by Gasteiger charge is 2.22. The first kappa shape index (κ1) is 20.7. The topological polar surface area (TPSA) is 69.1 Å². The number of aliphatic hydroxyl groups excluding tert-OH is 1. The van der Waals surface area contributed by atoms with Gasteiger partial charge in [-0.15, -0.1) is 0 Å². The van der Waals surface area contributed by atoms with Gasteiger partial charge in [0.25, 0.3) is 0 Å². The number of rotatable bonds is 6. The van der Waals surface area contributed by atoms with Crippen molar-refractivity contribution < 1.29 is 19.3 Å². The monoisotopic (exact) mass is 431 g/mol. The normalized spacial score (nSPS) is 16.0. The molecular formula is C22H23ClFN3O3. The van der Waals surface area contributed by atoms with E-state index in [4.69, 9.17) is 16.3 Å². The van der Waals surface area contributed by atoms with Gasteiger partial charge in [0.05, 0.1) is 0 Å². The molecule has 0 saturated carbocycles. The van der Waals surface area contributed by atoms with Crippen LogP contribution >= 0.6 is 11.6 Å². The van der Waals surface area contributed by atoms with E-state index in [1.807, 2.05) is 36.4 Å². The molecule has 1 aromatic heterocycles. The Balaban J connectivity index is 1.26. The number of aromatic nitrogens is 1. The van der Waals surface area contributed by atoms with E-state index in [2.05, 4.69) is 9.88 Å². The standard InChI is InChI=1S/C22H23ClFN3O3/c23-17-3-1-16-12-19(4-2-15(16)11-17)30-14-18(28)13-26-7-9-27(10-8-26)22-20(24)5-6-21(29)25-22/h1-6,11-12,18,28H,7-10,13-14H2,(H,25,29). The molecule has 1 aliphatic heterocycles. The molecule has 1 aliphatic rings. The average Bonchev–Trinajstić information content (AvgIpc) is 2.74. The predicted octanol–water partition coefficient (Wildman–Crippen LogP) is 3.29. The number of nitrogens with zero attached hydrogens (tertiary/aromatic N) is 3. The van der Waals surface area contributed by atoms with Crippen molar-refractivity contribution in [2.45, 2.75) is 6.10 Å². The number of hydrogen-bond donors (Lipinski definition) is 2. The van der Waals surface area contributed by atoms with Crippen LogP contribution in [0, 0.1) is 5.82 Å². The first-order valence-electron chi connectivity index (χ1n) is 9.81. The first-order valence-corrected chi connectivity index (χ1v) is 10.2. The van der Waals surface area contributed by atoms with Crippen LogP contribution in [0.15, 0.2) is 48.5 Å². The minimum atomic E-state index is -0.645. The Hall–Kier alpha value is -2.61. The summed E-state index contributed by atoms with van der Waals surface area (Å²) >= 11 is 6.01. The Morgan fingerprint density at radius 3 is 2.57 bits per heavy atom. The van der Waals surface area contributed by atoms with Gasteiger partial charge in [-0.1, -0.05) is 23.7 Å². The molecule has 0 aliphatic carbocycles. The van der Waals surface area contributed by atoms with E-state index in [-0.39, 0.29) is 18.3 Å². The molecule has 0 radical (unpaired) electrons. The Labute approximate surface area is 179 Å². The van der Waals surface area contributed by atoms with E-state index in [0.29, 0.717) is 43.5 Å². The molecule has 30 heavy (non-hydrogen) atoms. The van der Waals surface area contributed by atoms with Crippen LogP contribution in [0.25, 0.3) is 10.8 Å². The summed E-state index contributed by atoms with van der Waals surface area (Å²) < 4.78 is 19.7. The summed E-state index contributed by atoms with van der Waals surface area (Å²) in [4.78, 5) is 7.79. The van der Waals surface area contributed by atoms with Crippen molar-refractivity contribution in [2.24, 2.45) is 0 Å². The molecule has 0 bridgehead atoms. The molecule has 6 nitrogen and oxygen atoms in total. The molecule has 2 aromatic carbocycles. The SMILES string of the molecule is Oc1ccc(F)c(N2CCN(CC(O)COc3ccc4cc(Cl)ccc4c3)CC2)n1. The molecule has 4 rings (SSSR count). The lowest BCUT2D eigenvalue weighted by Gasteiger charge is -2.36. The number of piperazine rings is 1. The van der Waals surface area contributed by atoms with E-state index in [9.17, 15) is 14.6 Å². The van der Waals surface area contributed by atoms with Crippen molar-refractivity contribution >= 4 is 28.2 Å². The molecule has 1 atom stereocenters. The fourth-order valence-electron chi connectivity index (χ4n) is 3.61. The van der Waals surface area contributed by atoms with Gasteiger partial charge in [0, 0.05) is 43.8 Å². The van der Waals surface area contributed by atoms with Crippen molar-refractivity contribution in [1.82, 2.24) is 9.88 Å². The van der Waals surface area contributed by atoms with Crippen LogP contribution in [-0.4, -0.2) is 65.5 Å². The third-order valence-corrected chi connectivity index (χ3v) is 5.40. The zero-order valence-electron chi connectivity index (χ0n) is 16.3. The van der Waals surface area contributed by atoms with E-state index in [1.54, 1.807) is 4.90 Å². The van der Waals surface area contributed by atoms with Gasteiger partial charge in [-0.2, -0.15) is 4.98 Å². The lowest BCUT2D eigenvalue weighted by molar-refractivity contribution is 0.0662. The Morgan fingerprint density at radius 1 is 1.03 bits per heavy atom. The van der Waals surface area contributed by atoms with Crippen LogP contribution in [0.4, 0.5) is 10.2 Å². The molecule has 0 spiro atoms. The first-order chi connectivity index (χ1) is 14.5. The highest BCUT2D eigenvalue weighted by molar-refractivity contribution is 6.31. The maximum absolute atomic E-state index is 13.9. The quantitative estimate of drug-likeness (QED) is 0.624. The van der Waals surface area contributed by atoms with Crippen molar-refractivity contribution in [1.29, 1.82) is 0 Å². The van der Waals surface area contributed by atoms with Gasteiger partial charge < -0.3 is 19.8 Å². The molecule has 158 valence electrons. The van der Waals surface area contributed by atoms with Gasteiger partial charge in [-0.3, -0.25) is 4.90 Å². The lowest BCUT2D eigenvalue weighted by Crippen LogP contribution is -2.49. The molecule has 1 unspecified atom stereocenters. The fourth-order valence-corrected chi connectivity index (χ4v) is 3.79. The zero-order valence-corrected chi connectivity index (χ0v) is 17.1. The van der Waals surface area contributed by atoms with Crippen molar-refractivity contribution in [3.05, 3.63) is 59.4 Å². The maximum atomic E-state index is 13.9. The van der Waals surface area contributed by atoms with E-state index < -0.39 is 11.9 Å². The number of aromatic hydroxyl groups is 1. The number of benzene rings is 2. The Kier molecular flexibility index (Phi) is 6.22. The molecule has 2 heterocycles. The van der Waals surface area contributed by atoms with Crippen LogP contribution < -0.4 is 9.64 Å². The average molecular weight is 432 g/mol. The minimum Gasteiger partial charge on any atom is -0.493 e. The number of fused-ring (bicyclic) bond motifs is 1. The van der Waals surface area contributed by atoms with Gasteiger partial charge >= 0.3 is 0 Å². The highest BCUT2D eigenvalue weighted by atomic mass is 35.5. The van der Waals surface area contributed by atoms with Gasteiger partial charge in [0.1, 0.15) is 18.5 Å². The smallest absolute Gasteiger partial charge is 0.212 e. The van der Waals surface area contributed by atoms with Crippen molar-refractivity contribution in [2.75, 3.05) is 44.2 Å². The molecule has 8 heteroatoms. The predicted molar refractivity (Wildman–Crippen MR) is 115 cm³/mol. The summed E-state index contributed by atoms with van der Waals surface area (Å²) in [6.45, 7) is 3.09. The minimum absolute atomic E-state index is 0.163. The number of hydrogen-bond acceptors (Lipinski definition) is 6. The lowest BCUT2D eigenvalue weighted by atomic mass is 10.1. The summed E-state index contributed by atoms with van der Waals surface area (Å²) in [5, 5.41) is 22.6.